The predicted octanol–water partition coefficient (Wildman–Crippen LogP) is 1.32. The number of likely N-dealkylation sites (N-methyl/N-ethyl adjacent to an activating group) is 1. The molecule has 1 saturated carbocycles. The summed E-state index contributed by atoms with van der Waals surface area (Å²) in [5.74, 6) is 0. The van der Waals surface area contributed by atoms with Gasteiger partial charge >= 0.3 is 0 Å². The van der Waals surface area contributed by atoms with Gasteiger partial charge in [0.15, 0.2) is 0 Å². The van der Waals surface area contributed by atoms with Crippen molar-refractivity contribution in [2.24, 2.45) is 0 Å². The minimum absolute atomic E-state index is 0.320. The maximum atomic E-state index is 9.57. The Hall–Kier alpha value is -0.120. The Kier molecular flexibility index (Phi) is 4.62. The average Bonchev–Trinajstić information content (AvgIpc) is 2.51. The van der Waals surface area contributed by atoms with E-state index in [9.17, 15) is 5.11 Å². The molecule has 1 unspecified atom stereocenters. The summed E-state index contributed by atoms with van der Waals surface area (Å²) in [5.41, 5.74) is 0. The zero-order valence-corrected chi connectivity index (χ0v) is 10.6. The minimum atomic E-state index is 0.320. The van der Waals surface area contributed by atoms with Crippen LogP contribution in [0, 0.1) is 0 Å². The van der Waals surface area contributed by atoms with Gasteiger partial charge < -0.3 is 10.0 Å². The van der Waals surface area contributed by atoms with Crippen molar-refractivity contribution in [2.45, 2.75) is 50.6 Å². The Labute approximate surface area is 99.4 Å². The van der Waals surface area contributed by atoms with Crippen LogP contribution in [0.25, 0.3) is 0 Å². The summed E-state index contributed by atoms with van der Waals surface area (Å²) in [6.07, 6.45) is 8.13. The van der Waals surface area contributed by atoms with Crippen molar-refractivity contribution in [1.29, 1.82) is 0 Å². The third-order valence-electron chi connectivity index (χ3n) is 4.20. The Morgan fingerprint density at radius 2 is 1.81 bits per heavy atom. The molecule has 0 bridgehead atoms. The van der Waals surface area contributed by atoms with E-state index in [4.69, 9.17) is 0 Å². The Morgan fingerprint density at radius 1 is 1.06 bits per heavy atom. The first kappa shape index (κ1) is 12.3. The van der Waals surface area contributed by atoms with Crippen molar-refractivity contribution in [3.8, 4) is 0 Å². The van der Waals surface area contributed by atoms with E-state index < -0.39 is 0 Å². The fourth-order valence-electron chi connectivity index (χ4n) is 3.32. The van der Waals surface area contributed by atoms with Crippen molar-refractivity contribution >= 4 is 0 Å². The lowest BCUT2D eigenvalue weighted by molar-refractivity contribution is 0.0640. The van der Waals surface area contributed by atoms with Crippen LogP contribution in [-0.4, -0.2) is 60.3 Å². The van der Waals surface area contributed by atoms with Gasteiger partial charge in [0.25, 0.3) is 0 Å². The number of hydrogen-bond donors (Lipinski definition) is 1. The molecule has 1 aliphatic heterocycles. The van der Waals surface area contributed by atoms with Crippen LogP contribution in [0.1, 0.15) is 38.5 Å². The maximum absolute atomic E-state index is 9.57. The number of rotatable bonds is 2. The molecule has 16 heavy (non-hydrogen) atoms. The molecule has 0 amide bonds. The molecule has 1 saturated heterocycles. The summed E-state index contributed by atoms with van der Waals surface area (Å²) < 4.78 is 0. The highest BCUT2D eigenvalue weighted by atomic mass is 16.3. The monoisotopic (exact) mass is 226 g/mol. The van der Waals surface area contributed by atoms with Crippen LogP contribution in [0.15, 0.2) is 0 Å². The van der Waals surface area contributed by atoms with Gasteiger partial charge in [0.1, 0.15) is 0 Å². The molecule has 2 aliphatic rings. The summed E-state index contributed by atoms with van der Waals surface area (Å²) in [5, 5.41) is 9.57. The topological polar surface area (TPSA) is 26.7 Å². The largest absolute Gasteiger partial charge is 0.395 e. The second-order valence-corrected chi connectivity index (χ2v) is 5.48. The molecule has 0 aromatic rings. The zero-order chi connectivity index (χ0) is 11.4. The van der Waals surface area contributed by atoms with E-state index in [0.717, 1.165) is 12.6 Å². The molecule has 1 aliphatic carbocycles. The van der Waals surface area contributed by atoms with E-state index in [0.29, 0.717) is 12.6 Å². The molecule has 0 radical (unpaired) electrons. The SMILES string of the molecule is CN1CCCN(C2CCCCC2)C(CO)C1. The maximum Gasteiger partial charge on any atom is 0.0599 e. The van der Waals surface area contributed by atoms with Crippen LogP contribution in [0.4, 0.5) is 0 Å². The number of aliphatic hydroxyl groups excluding tert-OH is 1. The molecule has 0 aromatic carbocycles. The molecule has 0 aromatic heterocycles. The van der Waals surface area contributed by atoms with Crippen LogP contribution in [-0.2, 0) is 0 Å². The van der Waals surface area contributed by atoms with Gasteiger partial charge in [-0.25, -0.2) is 0 Å². The molecule has 0 spiro atoms. The van der Waals surface area contributed by atoms with Crippen molar-refractivity contribution in [1.82, 2.24) is 9.80 Å². The first-order valence-electron chi connectivity index (χ1n) is 6.86. The van der Waals surface area contributed by atoms with E-state index in [1.807, 2.05) is 0 Å². The van der Waals surface area contributed by atoms with E-state index >= 15 is 0 Å². The van der Waals surface area contributed by atoms with Gasteiger partial charge in [0.05, 0.1) is 6.61 Å². The molecular weight excluding hydrogens is 200 g/mol. The predicted molar refractivity (Wildman–Crippen MR) is 66.6 cm³/mol. The Morgan fingerprint density at radius 3 is 2.50 bits per heavy atom. The van der Waals surface area contributed by atoms with E-state index in [-0.39, 0.29) is 0 Å². The Bertz CT molecular complexity index is 204. The van der Waals surface area contributed by atoms with Gasteiger partial charge in [-0.15, -0.1) is 0 Å². The highest BCUT2D eigenvalue weighted by Crippen LogP contribution is 2.25. The van der Waals surface area contributed by atoms with Crippen LogP contribution in [0.2, 0.25) is 0 Å². The minimum Gasteiger partial charge on any atom is -0.395 e. The fourth-order valence-corrected chi connectivity index (χ4v) is 3.32. The van der Waals surface area contributed by atoms with Gasteiger partial charge in [-0.05, 0) is 32.9 Å². The molecule has 3 heteroatoms. The first-order chi connectivity index (χ1) is 7.81. The Balaban J connectivity index is 1.98. The molecule has 94 valence electrons. The number of hydrogen-bond acceptors (Lipinski definition) is 3. The van der Waals surface area contributed by atoms with Gasteiger partial charge in [0.2, 0.25) is 0 Å². The average molecular weight is 226 g/mol. The highest BCUT2D eigenvalue weighted by molar-refractivity contribution is 4.85. The van der Waals surface area contributed by atoms with Crippen LogP contribution in [0.3, 0.4) is 0 Å². The normalized spacial score (nSPS) is 31.5. The van der Waals surface area contributed by atoms with E-state index in [1.54, 1.807) is 0 Å². The summed E-state index contributed by atoms with van der Waals surface area (Å²) >= 11 is 0. The molecule has 2 rings (SSSR count). The van der Waals surface area contributed by atoms with E-state index in [1.165, 1.54) is 51.6 Å². The lowest BCUT2D eigenvalue weighted by Gasteiger charge is -2.38. The summed E-state index contributed by atoms with van der Waals surface area (Å²) in [7, 11) is 2.17. The van der Waals surface area contributed by atoms with Crippen molar-refractivity contribution in [3.63, 3.8) is 0 Å². The second kappa shape index (κ2) is 5.99. The fraction of sp³-hybridized carbons (Fsp3) is 1.00. The van der Waals surface area contributed by atoms with Crippen LogP contribution < -0.4 is 0 Å². The third-order valence-corrected chi connectivity index (χ3v) is 4.20. The molecule has 1 N–H and O–H groups in total. The number of nitrogens with zero attached hydrogens (tertiary/aromatic N) is 2. The van der Waals surface area contributed by atoms with Crippen LogP contribution >= 0.6 is 0 Å². The van der Waals surface area contributed by atoms with E-state index in [2.05, 4.69) is 16.8 Å². The molecule has 3 nitrogen and oxygen atoms in total. The smallest absolute Gasteiger partial charge is 0.0599 e. The van der Waals surface area contributed by atoms with Crippen molar-refractivity contribution in [2.75, 3.05) is 33.3 Å². The second-order valence-electron chi connectivity index (χ2n) is 5.48. The lowest BCUT2D eigenvalue weighted by Crippen LogP contribution is -2.48. The first-order valence-corrected chi connectivity index (χ1v) is 6.86. The standard InChI is InChI=1S/C13H26N2O/c1-14-8-5-9-15(13(10-14)11-16)12-6-3-2-4-7-12/h12-13,16H,2-11H2,1H3. The van der Waals surface area contributed by atoms with Crippen molar-refractivity contribution < 1.29 is 5.11 Å². The van der Waals surface area contributed by atoms with Crippen molar-refractivity contribution in [3.05, 3.63) is 0 Å². The lowest BCUT2D eigenvalue weighted by atomic mass is 9.93. The third kappa shape index (κ3) is 2.96. The molecular formula is C13H26N2O. The zero-order valence-electron chi connectivity index (χ0n) is 10.6. The van der Waals surface area contributed by atoms with Gasteiger partial charge in [-0.1, -0.05) is 19.3 Å². The molecule has 1 heterocycles. The van der Waals surface area contributed by atoms with Gasteiger partial charge in [-0.2, -0.15) is 0 Å². The summed E-state index contributed by atoms with van der Waals surface area (Å²) in [6.45, 7) is 3.72. The van der Waals surface area contributed by atoms with Gasteiger partial charge in [-0.3, -0.25) is 4.90 Å². The molecule has 1 atom stereocenters. The quantitative estimate of drug-likeness (QED) is 0.769. The summed E-state index contributed by atoms with van der Waals surface area (Å²) in [4.78, 5) is 4.96. The molecule has 2 fully saturated rings. The van der Waals surface area contributed by atoms with Gasteiger partial charge in [0, 0.05) is 25.2 Å². The summed E-state index contributed by atoms with van der Waals surface area (Å²) in [6, 6.07) is 1.12. The highest BCUT2D eigenvalue weighted by Gasteiger charge is 2.29. The number of aliphatic hydroxyl groups is 1. The van der Waals surface area contributed by atoms with Crippen LogP contribution in [0.5, 0.6) is 0 Å².